The Morgan fingerprint density at radius 2 is 1.77 bits per heavy atom. The van der Waals surface area contributed by atoms with Gasteiger partial charge in [0, 0.05) is 12.2 Å². The number of carboxylic acids is 1. The first kappa shape index (κ1) is 25.8. The number of nitrogens with one attached hydrogen (secondary N) is 3. The topological polar surface area (TPSA) is 151 Å². The average Bonchev–Trinajstić information content (AvgIpc) is 2.74. The van der Waals surface area contributed by atoms with Crippen LogP contribution in [0.15, 0.2) is 30.3 Å². The molecule has 0 aromatic heterocycles. The van der Waals surface area contributed by atoms with Gasteiger partial charge in [-0.3, -0.25) is 14.4 Å². The molecular formula is C19H28N4O5S2. The Morgan fingerprint density at radius 3 is 2.33 bits per heavy atom. The summed E-state index contributed by atoms with van der Waals surface area (Å²) in [6, 6.07) is 6.19. The summed E-state index contributed by atoms with van der Waals surface area (Å²) < 4.78 is 0. The number of hydrogen-bond donors (Lipinski definition) is 6. The van der Waals surface area contributed by atoms with Crippen LogP contribution in [0.5, 0.6) is 0 Å². The van der Waals surface area contributed by atoms with Crippen LogP contribution in [0, 0.1) is 0 Å². The monoisotopic (exact) mass is 456 g/mol. The zero-order chi connectivity index (χ0) is 22.5. The van der Waals surface area contributed by atoms with Crippen molar-refractivity contribution < 1.29 is 24.3 Å². The predicted octanol–water partition coefficient (Wildman–Crippen LogP) is -0.590. The summed E-state index contributed by atoms with van der Waals surface area (Å²) >= 11 is 5.45. The van der Waals surface area contributed by atoms with Crippen LogP contribution >= 0.6 is 24.4 Å². The van der Waals surface area contributed by atoms with E-state index in [1.807, 2.05) is 12.3 Å². The summed E-state index contributed by atoms with van der Waals surface area (Å²) in [6.07, 6.45) is 2.30. The molecule has 30 heavy (non-hydrogen) atoms. The molecule has 1 aromatic rings. The lowest BCUT2D eigenvalue weighted by Gasteiger charge is -2.21. The van der Waals surface area contributed by atoms with Gasteiger partial charge in [-0.1, -0.05) is 30.3 Å². The van der Waals surface area contributed by atoms with E-state index >= 15 is 0 Å². The molecule has 1 rings (SSSR count). The van der Waals surface area contributed by atoms with Gasteiger partial charge in [-0.25, -0.2) is 4.79 Å². The highest BCUT2D eigenvalue weighted by Gasteiger charge is 2.25. The number of thioether (sulfide) groups is 1. The Hall–Kier alpha value is -2.24. The fourth-order valence-corrected chi connectivity index (χ4v) is 3.09. The zero-order valence-electron chi connectivity index (χ0n) is 16.7. The highest BCUT2D eigenvalue weighted by Crippen LogP contribution is 2.04. The molecule has 0 aliphatic carbocycles. The second kappa shape index (κ2) is 13.9. The van der Waals surface area contributed by atoms with Crippen molar-refractivity contribution in [2.45, 2.75) is 31.0 Å². The van der Waals surface area contributed by atoms with Crippen molar-refractivity contribution >= 4 is 48.1 Å². The van der Waals surface area contributed by atoms with Gasteiger partial charge in [0.2, 0.25) is 17.7 Å². The molecule has 0 radical (unpaired) electrons. The number of benzene rings is 1. The van der Waals surface area contributed by atoms with Crippen LogP contribution in [-0.4, -0.2) is 71.2 Å². The third-order valence-corrected chi connectivity index (χ3v) is 5.15. The Labute approximate surface area is 185 Å². The normalized spacial score (nSPS) is 13.6. The molecular weight excluding hydrogens is 428 g/mol. The van der Waals surface area contributed by atoms with Crippen LogP contribution in [0.4, 0.5) is 0 Å². The van der Waals surface area contributed by atoms with Crippen molar-refractivity contribution in [3.8, 4) is 0 Å². The minimum absolute atomic E-state index is 0.112. The van der Waals surface area contributed by atoms with Crippen molar-refractivity contribution in [1.82, 2.24) is 16.0 Å². The Kier molecular flexibility index (Phi) is 11.9. The maximum atomic E-state index is 12.6. The number of carboxylic acid groups (broad SMARTS) is 1. The number of carbonyl (C=O) groups excluding carboxylic acids is 3. The molecule has 3 amide bonds. The Bertz CT molecular complexity index is 720. The SMILES string of the molecule is CSCCC(NC(=O)CNC(=O)C(Cc1ccccc1)NC(=O)C(N)CS)C(=O)O. The van der Waals surface area contributed by atoms with Gasteiger partial charge in [0.1, 0.15) is 12.1 Å². The van der Waals surface area contributed by atoms with Gasteiger partial charge in [-0.05, 0) is 24.0 Å². The van der Waals surface area contributed by atoms with E-state index in [4.69, 9.17) is 5.73 Å². The highest BCUT2D eigenvalue weighted by atomic mass is 32.2. The molecule has 0 aliphatic heterocycles. The molecule has 6 N–H and O–H groups in total. The van der Waals surface area contributed by atoms with Crippen molar-refractivity contribution in [2.75, 3.05) is 24.3 Å². The van der Waals surface area contributed by atoms with Crippen molar-refractivity contribution in [3.63, 3.8) is 0 Å². The second-order valence-corrected chi connectivity index (χ2v) is 7.85. The highest BCUT2D eigenvalue weighted by molar-refractivity contribution is 7.98. The predicted molar refractivity (Wildman–Crippen MR) is 119 cm³/mol. The first-order chi connectivity index (χ1) is 14.3. The van der Waals surface area contributed by atoms with Crippen LogP contribution in [-0.2, 0) is 25.6 Å². The summed E-state index contributed by atoms with van der Waals surface area (Å²) in [6.45, 7) is -0.415. The molecule has 0 fully saturated rings. The third kappa shape index (κ3) is 9.51. The maximum absolute atomic E-state index is 12.6. The fraction of sp³-hybridized carbons (Fsp3) is 0.474. The summed E-state index contributed by atoms with van der Waals surface area (Å²) in [5, 5.41) is 16.6. The lowest BCUT2D eigenvalue weighted by Crippen LogP contribution is -2.54. The van der Waals surface area contributed by atoms with Crippen LogP contribution < -0.4 is 21.7 Å². The molecule has 0 spiro atoms. The van der Waals surface area contributed by atoms with Crippen molar-refractivity contribution in [3.05, 3.63) is 35.9 Å². The molecule has 0 aliphatic rings. The van der Waals surface area contributed by atoms with E-state index in [1.165, 1.54) is 11.8 Å². The second-order valence-electron chi connectivity index (χ2n) is 6.50. The van der Waals surface area contributed by atoms with Gasteiger partial charge in [0.05, 0.1) is 12.6 Å². The third-order valence-electron chi connectivity index (χ3n) is 4.12. The number of thiol groups is 1. The molecule has 3 atom stereocenters. The van der Waals surface area contributed by atoms with E-state index in [9.17, 15) is 24.3 Å². The molecule has 9 nitrogen and oxygen atoms in total. The Morgan fingerprint density at radius 1 is 1.10 bits per heavy atom. The summed E-state index contributed by atoms with van der Waals surface area (Å²) in [5.74, 6) is -2.20. The van der Waals surface area contributed by atoms with Gasteiger partial charge in [-0.2, -0.15) is 24.4 Å². The lowest BCUT2D eigenvalue weighted by atomic mass is 10.0. The van der Waals surface area contributed by atoms with Crippen LogP contribution in [0.1, 0.15) is 12.0 Å². The zero-order valence-corrected chi connectivity index (χ0v) is 18.4. The molecule has 3 unspecified atom stereocenters. The lowest BCUT2D eigenvalue weighted by molar-refractivity contribution is -0.141. The number of aliphatic carboxylic acids is 1. The fourth-order valence-electron chi connectivity index (χ4n) is 2.45. The molecule has 0 saturated heterocycles. The van der Waals surface area contributed by atoms with E-state index in [2.05, 4.69) is 28.6 Å². The van der Waals surface area contributed by atoms with Crippen LogP contribution in [0.25, 0.3) is 0 Å². The van der Waals surface area contributed by atoms with E-state index in [0.717, 1.165) is 5.56 Å². The maximum Gasteiger partial charge on any atom is 0.326 e. The number of carbonyl (C=O) groups is 4. The molecule has 0 bridgehead atoms. The van der Waals surface area contributed by atoms with Gasteiger partial charge in [-0.15, -0.1) is 0 Å². The smallest absolute Gasteiger partial charge is 0.326 e. The molecule has 166 valence electrons. The molecule has 1 aromatic carbocycles. The number of nitrogens with two attached hydrogens (primary N) is 1. The van der Waals surface area contributed by atoms with Crippen molar-refractivity contribution in [1.29, 1.82) is 0 Å². The van der Waals surface area contributed by atoms with Gasteiger partial charge >= 0.3 is 5.97 Å². The first-order valence-corrected chi connectivity index (χ1v) is 11.3. The van der Waals surface area contributed by atoms with E-state index in [0.29, 0.717) is 5.75 Å². The molecule has 0 heterocycles. The van der Waals surface area contributed by atoms with E-state index in [1.54, 1.807) is 24.3 Å². The molecule has 11 heteroatoms. The van der Waals surface area contributed by atoms with Gasteiger partial charge < -0.3 is 26.8 Å². The first-order valence-electron chi connectivity index (χ1n) is 9.28. The molecule has 0 saturated carbocycles. The number of rotatable bonds is 13. The quantitative estimate of drug-likeness (QED) is 0.217. The summed E-state index contributed by atoms with van der Waals surface area (Å²) in [4.78, 5) is 48.0. The average molecular weight is 457 g/mol. The Balaban J connectivity index is 2.72. The van der Waals surface area contributed by atoms with Gasteiger partial charge in [0.15, 0.2) is 0 Å². The van der Waals surface area contributed by atoms with E-state index in [-0.39, 0.29) is 18.6 Å². The largest absolute Gasteiger partial charge is 0.480 e. The number of amides is 3. The number of hydrogen-bond acceptors (Lipinski definition) is 7. The standard InChI is InChI=1S/C19H28N4O5S2/c1-30-8-7-14(19(27)28)22-16(24)10-21-18(26)15(23-17(25)13(20)11-29)9-12-5-3-2-4-6-12/h2-6,13-15,29H,7-11,20H2,1H3,(H,21,26)(H,22,24)(H,23,25)(H,27,28). The van der Waals surface area contributed by atoms with Crippen molar-refractivity contribution in [2.24, 2.45) is 5.73 Å². The summed E-state index contributed by atoms with van der Waals surface area (Å²) in [7, 11) is 0. The van der Waals surface area contributed by atoms with Gasteiger partial charge in [0.25, 0.3) is 0 Å². The summed E-state index contributed by atoms with van der Waals surface area (Å²) in [5.41, 5.74) is 6.47. The minimum Gasteiger partial charge on any atom is -0.480 e. The van der Waals surface area contributed by atoms with Crippen LogP contribution in [0.3, 0.4) is 0 Å². The van der Waals surface area contributed by atoms with Crippen LogP contribution in [0.2, 0.25) is 0 Å². The van der Waals surface area contributed by atoms with E-state index < -0.39 is 48.4 Å². The minimum atomic E-state index is -1.14.